The molecule has 1 aromatic heterocycles. The van der Waals surface area contributed by atoms with E-state index in [4.69, 9.17) is 16.2 Å². The molecule has 0 aliphatic heterocycles. The van der Waals surface area contributed by atoms with E-state index in [1.54, 1.807) is 12.3 Å². The summed E-state index contributed by atoms with van der Waals surface area (Å²) in [5.41, 5.74) is 11.6. The maximum Gasteiger partial charge on any atom is 0.155 e. The Hall–Kier alpha value is -2.23. The van der Waals surface area contributed by atoms with E-state index in [1.165, 1.54) is 0 Å². The van der Waals surface area contributed by atoms with Crippen LogP contribution in [-0.2, 0) is 0 Å². The average molecular weight is 201 g/mol. The number of anilines is 2. The minimum Gasteiger partial charge on any atom is -0.455 e. The van der Waals surface area contributed by atoms with Gasteiger partial charge in [-0.25, -0.2) is 4.98 Å². The van der Waals surface area contributed by atoms with Gasteiger partial charge in [0.15, 0.2) is 5.75 Å². The van der Waals surface area contributed by atoms with Crippen LogP contribution >= 0.6 is 0 Å². The standard InChI is InChI=1S/C11H11N3O/c12-10-9(6-7-14-11(10)13)15-8-4-2-1-3-5-8/h1-7H,12H2,(H2,13,14). The van der Waals surface area contributed by atoms with Gasteiger partial charge in [0.2, 0.25) is 0 Å². The van der Waals surface area contributed by atoms with Crippen molar-refractivity contribution >= 4 is 11.5 Å². The molecular formula is C11H11N3O. The Kier molecular flexibility index (Phi) is 2.41. The molecule has 0 bridgehead atoms. The molecule has 0 saturated heterocycles. The van der Waals surface area contributed by atoms with Gasteiger partial charge in [-0.15, -0.1) is 0 Å². The number of hydrogen-bond donors (Lipinski definition) is 2. The van der Waals surface area contributed by atoms with E-state index in [0.717, 1.165) is 5.75 Å². The SMILES string of the molecule is Nc1nccc(Oc2ccccc2)c1N. The second-order valence-electron chi connectivity index (χ2n) is 3.02. The van der Waals surface area contributed by atoms with E-state index in [0.29, 0.717) is 11.4 Å². The molecule has 0 fully saturated rings. The predicted octanol–water partition coefficient (Wildman–Crippen LogP) is 2.04. The zero-order chi connectivity index (χ0) is 10.7. The summed E-state index contributed by atoms with van der Waals surface area (Å²) in [7, 11) is 0. The molecule has 2 rings (SSSR count). The van der Waals surface area contributed by atoms with Crippen LogP contribution in [0.4, 0.5) is 11.5 Å². The van der Waals surface area contributed by atoms with Gasteiger partial charge in [0, 0.05) is 12.3 Å². The van der Waals surface area contributed by atoms with E-state index >= 15 is 0 Å². The van der Waals surface area contributed by atoms with Crippen LogP contribution in [0, 0.1) is 0 Å². The van der Waals surface area contributed by atoms with Crippen molar-refractivity contribution in [2.24, 2.45) is 0 Å². The first-order valence-corrected chi connectivity index (χ1v) is 4.50. The lowest BCUT2D eigenvalue weighted by atomic mass is 10.3. The lowest BCUT2D eigenvalue weighted by molar-refractivity contribution is 0.485. The van der Waals surface area contributed by atoms with Gasteiger partial charge in [-0.2, -0.15) is 0 Å². The maximum atomic E-state index is 5.72. The summed E-state index contributed by atoms with van der Waals surface area (Å²) in [5, 5.41) is 0. The first-order chi connectivity index (χ1) is 7.27. The molecule has 4 N–H and O–H groups in total. The maximum absolute atomic E-state index is 5.72. The average Bonchev–Trinajstić information content (AvgIpc) is 2.26. The van der Waals surface area contributed by atoms with Crippen LogP contribution in [0.25, 0.3) is 0 Å². The van der Waals surface area contributed by atoms with Crippen molar-refractivity contribution in [1.29, 1.82) is 0 Å². The molecule has 1 heterocycles. The fourth-order valence-electron chi connectivity index (χ4n) is 1.18. The van der Waals surface area contributed by atoms with Crippen molar-refractivity contribution in [3.63, 3.8) is 0 Å². The molecule has 0 aliphatic carbocycles. The van der Waals surface area contributed by atoms with Crippen molar-refractivity contribution in [1.82, 2.24) is 4.98 Å². The van der Waals surface area contributed by atoms with Crippen LogP contribution in [0.3, 0.4) is 0 Å². The van der Waals surface area contributed by atoms with Crippen LogP contribution < -0.4 is 16.2 Å². The fraction of sp³-hybridized carbons (Fsp3) is 0. The highest BCUT2D eigenvalue weighted by atomic mass is 16.5. The molecule has 15 heavy (non-hydrogen) atoms. The Morgan fingerprint density at radius 2 is 1.73 bits per heavy atom. The van der Waals surface area contributed by atoms with Crippen molar-refractivity contribution in [3.05, 3.63) is 42.6 Å². The summed E-state index contributed by atoms with van der Waals surface area (Å²) in [6.45, 7) is 0. The number of hydrogen-bond acceptors (Lipinski definition) is 4. The topological polar surface area (TPSA) is 74.2 Å². The van der Waals surface area contributed by atoms with Gasteiger partial charge in [0.1, 0.15) is 17.3 Å². The van der Waals surface area contributed by atoms with Gasteiger partial charge in [-0.3, -0.25) is 0 Å². The number of nitrogens with two attached hydrogens (primary N) is 2. The smallest absolute Gasteiger partial charge is 0.155 e. The molecule has 4 nitrogen and oxygen atoms in total. The zero-order valence-electron chi connectivity index (χ0n) is 8.05. The molecule has 2 aromatic rings. The zero-order valence-corrected chi connectivity index (χ0v) is 8.05. The molecular weight excluding hydrogens is 190 g/mol. The molecule has 0 atom stereocenters. The summed E-state index contributed by atoms with van der Waals surface area (Å²) in [4.78, 5) is 3.85. The summed E-state index contributed by atoms with van der Waals surface area (Å²) in [5.74, 6) is 1.52. The van der Waals surface area contributed by atoms with Gasteiger partial charge in [-0.1, -0.05) is 18.2 Å². The predicted molar refractivity (Wildman–Crippen MR) is 59.6 cm³/mol. The second-order valence-corrected chi connectivity index (χ2v) is 3.02. The van der Waals surface area contributed by atoms with E-state index in [-0.39, 0.29) is 5.82 Å². The largest absolute Gasteiger partial charge is 0.455 e. The molecule has 0 amide bonds. The molecule has 1 aromatic carbocycles. The van der Waals surface area contributed by atoms with E-state index in [9.17, 15) is 0 Å². The van der Waals surface area contributed by atoms with E-state index in [1.807, 2.05) is 30.3 Å². The van der Waals surface area contributed by atoms with Crippen molar-refractivity contribution in [2.45, 2.75) is 0 Å². The summed E-state index contributed by atoms with van der Waals surface area (Å²) < 4.78 is 5.54. The number of nitrogen functional groups attached to an aromatic ring is 2. The van der Waals surface area contributed by atoms with Crippen LogP contribution in [0.15, 0.2) is 42.6 Å². The van der Waals surface area contributed by atoms with Crippen LogP contribution in [0.2, 0.25) is 0 Å². The molecule has 0 spiro atoms. The van der Waals surface area contributed by atoms with Gasteiger partial charge in [-0.05, 0) is 12.1 Å². The second kappa shape index (κ2) is 3.88. The molecule has 0 saturated carbocycles. The summed E-state index contributed by atoms with van der Waals surface area (Å²) in [6.07, 6.45) is 1.56. The number of ether oxygens (including phenoxy) is 1. The van der Waals surface area contributed by atoms with Gasteiger partial charge < -0.3 is 16.2 Å². The third-order valence-corrected chi connectivity index (χ3v) is 1.95. The minimum atomic E-state index is 0.281. The molecule has 0 radical (unpaired) electrons. The number of pyridine rings is 1. The summed E-state index contributed by atoms with van der Waals surface area (Å²) in [6, 6.07) is 11.0. The molecule has 4 heteroatoms. The van der Waals surface area contributed by atoms with Crippen LogP contribution in [0.1, 0.15) is 0 Å². The van der Waals surface area contributed by atoms with Gasteiger partial charge in [0.25, 0.3) is 0 Å². The van der Waals surface area contributed by atoms with Crippen molar-refractivity contribution in [2.75, 3.05) is 11.5 Å². The Morgan fingerprint density at radius 1 is 1.00 bits per heavy atom. The van der Waals surface area contributed by atoms with Crippen molar-refractivity contribution < 1.29 is 4.74 Å². The third kappa shape index (κ3) is 1.99. The molecule has 76 valence electrons. The highest BCUT2D eigenvalue weighted by molar-refractivity contribution is 5.67. The monoisotopic (exact) mass is 201 g/mol. The van der Waals surface area contributed by atoms with Gasteiger partial charge >= 0.3 is 0 Å². The Balaban J connectivity index is 2.29. The quantitative estimate of drug-likeness (QED) is 0.779. The summed E-state index contributed by atoms with van der Waals surface area (Å²) >= 11 is 0. The van der Waals surface area contributed by atoms with Crippen LogP contribution in [0.5, 0.6) is 11.5 Å². The number of para-hydroxylation sites is 1. The highest BCUT2D eigenvalue weighted by Crippen LogP contribution is 2.29. The van der Waals surface area contributed by atoms with Gasteiger partial charge in [0.05, 0.1) is 0 Å². The lowest BCUT2D eigenvalue weighted by Crippen LogP contribution is -1.99. The highest BCUT2D eigenvalue weighted by Gasteiger charge is 2.04. The Bertz CT molecular complexity index is 457. The minimum absolute atomic E-state index is 0.281. The Morgan fingerprint density at radius 3 is 2.47 bits per heavy atom. The lowest BCUT2D eigenvalue weighted by Gasteiger charge is -2.08. The van der Waals surface area contributed by atoms with E-state index in [2.05, 4.69) is 4.98 Å². The Labute approximate surface area is 87.5 Å². The number of rotatable bonds is 2. The van der Waals surface area contributed by atoms with Crippen LogP contribution in [-0.4, -0.2) is 4.98 Å². The molecule has 0 aliphatic rings. The van der Waals surface area contributed by atoms with E-state index < -0.39 is 0 Å². The number of benzene rings is 1. The first-order valence-electron chi connectivity index (χ1n) is 4.50. The fourth-order valence-corrected chi connectivity index (χ4v) is 1.18. The normalized spacial score (nSPS) is 9.87. The number of nitrogens with zero attached hydrogens (tertiary/aromatic N) is 1. The first kappa shape index (κ1) is 9.33. The molecule has 0 unspecified atom stereocenters. The third-order valence-electron chi connectivity index (χ3n) is 1.95. The van der Waals surface area contributed by atoms with Crippen molar-refractivity contribution in [3.8, 4) is 11.5 Å². The number of aromatic nitrogens is 1.